The third-order valence-corrected chi connectivity index (χ3v) is 4.82. The van der Waals surface area contributed by atoms with Gasteiger partial charge in [-0.05, 0) is 34.8 Å². The lowest BCUT2D eigenvalue weighted by Gasteiger charge is -2.04. The number of carbonyl (C=O) groups excluding carboxylic acids is 1. The van der Waals surface area contributed by atoms with Gasteiger partial charge < -0.3 is 14.6 Å². The van der Waals surface area contributed by atoms with E-state index in [2.05, 4.69) is 10.5 Å². The first-order chi connectivity index (χ1) is 13.4. The summed E-state index contributed by atoms with van der Waals surface area (Å²) in [5.74, 6) is -0.136. The molecule has 0 bridgehead atoms. The highest BCUT2D eigenvalue weighted by atomic mass is 32.2. The number of nitrogens with one attached hydrogen (secondary N) is 1. The summed E-state index contributed by atoms with van der Waals surface area (Å²) in [6.07, 6.45) is 0.516. The zero-order valence-electron chi connectivity index (χ0n) is 14.9. The summed E-state index contributed by atoms with van der Waals surface area (Å²) in [7, 11) is -3.71. The van der Waals surface area contributed by atoms with Crippen molar-refractivity contribution < 1.29 is 22.5 Å². The van der Waals surface area contributed by atoms with Crippen LogP contribution in [0, 0.1) is 0 Å². The van der Waals surface area contributed by atoms with Gasteiger partial charge >= 0.3 is 0 Å². The van der Waals surface area contributed by atoms with Gasteiger partial charge in [-0.25, -0.2) is 13.6 Å². The van der Waals surface area contributed by atoms with Crippen LogP contribution in [0.3, 0.4) is 0 Å². The van der Waals surface area contributed by atoms with Crippen LogP contribution in [0.5, 0.6) is 5.88 Å². The predicted molar refractivity (Wildman–Crippen MR) is 101 cm³/mol. The van der Waals surface area contributed by atoms with E-state index in [0.717, 1.165) is 11.1 Å². The van der Waals surface area contributed by atoms with Crippen LogP contribution in [0.1, 0.15) is 21.7 Å². The van der Waals surface area contributed by atoms with Crippen LogP contribution in [-0.4, -0.2) is 26.0 Å². The maximum absolute atomic E-state index is 12.1. The van der Waals surface area contributed by atoms with Crippen molar-refractivity contribution in [1.82, 2.24) is 10.5 Å². The molecule has 0 aliphatic carbocycles. The van der Waals surface area contributed by atoms with Crippen LogP contribution in [-0.2, 0) is 23.1 Å². The Morgan fingerprint density at radius 1 is 1.07 bits per heavy atom. The van der Waals surface area contributed by atoms with E-state index in [4.69, 9.17) is 14.4 Å². The SMILES string of the molecule is NS(=O)(=O)c1ccc(CCNC(=O)c2cc(OCc3ccccc3)no2)cc1. The highest BCUT2D eigenvalue weighted by Gasteiger charge is 2.13. The van der Waals surface area contributed by atoms with Crippen LogP contribution >= 0.6 is 0 Å². The Bertz CT molecular complexity index is 1030. The van der Waals surface area contributed by atoms with E-state index >= 15 is 0 Å². The van der Waals surface area contributed by atoms with Crippen molar-refractivity contribution in [2.24, 2.45) is 5.14 Å². The molecule has 0 unspecified atom stereocenters. The van der Waals surface area contributed by atoms with Crippen LogP contribution < -0.4 is 15.2 Å². The number of hydrogen-bond acceptors (Lipinski definition) is 6. The summed E-state index contributed by atoms with van der Waals surface area (Å²) in [4.78, 5) is 12.2. The van der Waals surface area contributed by atoms with E-state index in [1.54, 1.807) is 12.1 Å². The summed E-state index contributed by atoms with van der Waals surface area (Å²) in [5.41, 5.74) is 1.84. The molecule has 1 heterocycles. The topological polar surface area (TPSA) is 125 Å². The number of nitrogens with two attached hydrogens (primary N) is 1. The highest BCUT2D eigenvalue weighted by molar-refractivity contribution is 7.89. The molecule has 8 nitrogen and oxygen atoms in total. The minimum absolute atomic E-state index is 0.0463. The zero-order chi connectivity index (χ0) is 20.0. The molecule has 9 heteroatoms. The molecule has 3 aromatic rings. The maximum Gasteiger partial charge on any atom is 0.290 e. The van der Waals surface area contributed by atoms with E-state index in [9.17, 15) is 13.2 Å². The van der Waals surface area contributed by atoms with Gasteiger partial charge in [-0.3, -0.25) is 4.79 Å². The van der Waals surface area contributed by atoms with Gasteiger partial charge in [0, 0.05) is 6.54 Å². The monoisotopic (exact) mass is 401 g/mol. The fourth-order valence-corrected chi connectivity index (χ4v) is 2.93. The van der Waals surface area contributed by atoms with Gasteiger partial charge in [0.05, 0.1) is 11.0 Å². The van der Waals surface area contributed by atoms with Gasteiger partial charge in [-0.1, -0.05) is 42.5 Å². The number of nitrogens with zero attached hydrogens (tertiary/aromatic N) is 1. The van der Waals surface area contributed by atoms with Crippen molar-refractivity contribution in [3.63, 3.8) is 0 Å². The zero-order valence-corrected chi connectivity index (χ0v) is 15.7. The smallest absolute Gasteiger partial charge is 0.290 e. The number of amides is 1. The normalized spacial score (nSPS) is 11.2. The molecule has 28 heavy (non-hydrogen) atoms. The molecule has 3 rings (SSSR count). The molecular weight excluding hydrogens is 382 g/mol. The first-order valence-electron chi connectivity index (χ1n) is 8.45. The Kier molecular flexibility index (Phi) is 6.07. The number of carbonyl (C=O) groups is 1. The quantitative estimate of drug-likeness (QED) is 0.594. The molecule has 0 spiro atoms. The summed E-state index contributed by atoms with van der Waals surface area (Å²) < 4.78 is 32.9. The lowest BCUT2D eigenvalue weighted by Crippen LogP contribution is -2.25. The Hall–Kier alpha value is -3.17. The largest absolute Gasteiger partial charge is 0.471 e. The van der Waals surface area contributed by atoms with E-state index in [-0.39, 0.29) is 16.5 Å². The Labute approximate surface area is 162 Å². The molecule has 0 atom stereocenters. The maximum atomic E-state index is 12.1. The third kappa shape index (κ3) is 5.41. The molecule has 0 saturated carbocycles. The van der Waals surface area contributed by atoms with Crippen molar-refractivity contribution in [3.8, 4) is 5.88 Å². The lowest BCUT2D eigenvalue weighted by atomic mass is 10.1. The first-order valence-corrected chi connectivity index (χ1v) is 10.00. The van der Waals surface area contributed by atoms with E-state index < -0.39 is 15.9 Å². The number of aromatic nitrogens is 1. The van der Waals surface area contributed by atoms with Crippen molar-refractivity contribution in [2.75, 3.05) is 6.54 Å². The average Bonchev–Trinajstić information content (AvgIpc) is 3.16. The molecule has 2 aromatic carbocycles. The number of sulfonamides is 1. The number of primary sulfonamides is 1. The summed E-state index contributed by atoms with van der Waals surface area (Å²) >= 11 is 0. The minimum Gasteiger partial charge on any atom is -0.471 e. The molecule has 0 saturated heterocycles. The molecule has 3 N–H and O–H groups in total. The molecule has 0 aliphatic rings. The van der Waals surface area contributed by atoms with Crippen molar-refractivity contribution in [1.29, 1.82) is 0 Å². The predicted octanol–water partition coefficient (Wildman–Crippen LogP) is 1.87. The fourth-order valence-electron chi connectivity index (χ4n) is 2.42. The van der Waals surface area contributed by atoms with Crippen LogP contribution in [0.25, 0.3) is 0 Å². The molecule has 0 aliphatic heterocycles. The highest BCUT2D eigenvalue weighted by Crippen LogP contribution is 2.14. The van der Waals surface area contributed by atoms with E-state index in [0.29, 0.717) is 19.6 Å². The molecule has 0 radical (unpaired) electrons. The Balaban J connectivity index is 1.47. The number of ether oxygens (including phenoxy) is 1. The molecule has 1 aromatic heterocycles. The van der Waals surface area contributed by atoms with Crippen molar-refractivity contribution in [3.05, 3.63) is 77.6 Å². The van der Waals surface area contributed by atoms with Gasteiger partial charge in [0.15, 0.2) is 0 Å². The van der Waals surface area contributed by atoms with Gasteiger partial charge in [-0.15, -0.1) is 0 Å². The molecule has 1 amide bonds. The second-order valence-corrected chi connectivity index (χ2v) is 7.56. The lowest BCUT2D eigenvalue weighted by molar-refractivity contribution is 0.0916. The number of benzene rings is 2. The first kappa shape index (κ1) is 19.6. The summed E-state index contributed by atoms with van der Waals surface area (Å²) in [6, 6.07) is 17.2. The second-order valence-electron chi connectivity index (χ2n) is 6.00. The average molecular weight is 401 g/mol. The molecule has 146 valence electrons. The second kappa shape index (κ2) is 8.68. The number of hydrogen-bond donors (Lipinski definition) is 2. The minimum atomic E-state index is -3.71. The van der Waals surface area contributed by atoms with Gasteiger partial charge in [0.25, 0.3) is 11.8 Å². The van der Waals surface area contributed by atoms with Gasteiger partial charge in [0.1, 0.15) is 6.61 Å². The standard InChI is InChI=1S/C19H19N3O5S/c20-28(24,25)16-8-6-14(7-9-16)10-11-21-19(23)17-12-18(22-27-17)26-13-15-4-2-1-3-5-15/h1-9,12H,10-11,13H2,(H,21,23)(H2,20,24,25). The number of rotatable bonds is 8. The van der Waals surface area contributed by atoms with Crippen LogP contribution in [0.4, 0.5) is 0 Å². The summed E-state index contributed by atoms with van der Waals surface area (Å²) in [6.45, 7) is 0.664. The fraction of sp³-hybridized carbons (Fsp3) is 0.158. The molecule has 0 fully saturated rings. The van der Waals surface area contributed by atoms with Crippen LogP contribution in [0.2, 0.25) is 0 Å². The Morgan fingerprint density at radius 2 is 1.79 bits per heavy atom. The van der Waals surface area contributed by atoms with E-state index in [1.165, 1.54) is 18.2 Å². The Morgan fingerprint density at radius 3 is 2.46 bits per heavy atom. The third-order valence-electron chi connectivity index (χ3n) is 3.89. The molecular formula is C19H19N3O5S. The van der Waals surface area contributed by atoms with Crippen molar-refractivity contribution >= 4 is 15.9 Å². The van der Waals surface area contributed by atoms with Gasteiger partial charge in [0.2, 0.25) is 15.8 Å². The van der Waals surface area contributed by atoms with E-state index in [1.807, 2.05) is 30.3 Å². The van der Waals surface area contributed by atoms with Gasteiger partial charge in [-0.2, -0.15) is 0 Å². The van der Waals surface area contributed by atoms with Crippen LogP contribution in [0.15, 0.2) is 70.1 Å². The summed E-state index contributed by atoms with van der Waals surface area (Å²) in [5, 5.41) is 11.5. The van der Waals surface area contributed by atoms with Crippen molar-refractivity contribution in [2.45, 2.75) is 17.9 Å².